The van der Waals surface area contributed by atoms with Crippen molar-refractivity contribution in [2.75, 3.05) is 0 Å². The van der Waals surface area contributed by atoms with Crippen molar-refractivity contribution in [2.45, 2.75) is 20.8 Å². The largest absolute Gasteiger partial charge is 0.504 e. The van der Waals surface area contributed by atoms with Crippen molar-refractivity contribution >= 4 is 24.4 Å². The van der Waals surface area contributed by atoms with Crippen molar-refractivity contribution < 1.29 is 60.0 Å². The Morgan fingerprint density at radius 3 is 0.960 bits per heavy atom. The molecule has 0 aromatic heterocycles. The Hall–Kier alpha value is -3.70. The zero-order valence-corrected chi connectivity index (χ0v) is 13.4. The standard InChI is InChI=1S/C6H6O4.3C2H4O2.CH2O2/c7-3-1-2-4(8)6(10)5(3)9;3*1-2(3)4;2-1-3/h1-2,7-10H;3*1H3,(H,3,4);1H,(H,2,3). The average Bonchev–Trinajstić information content (AvgIpc) is 2.40. The highest BCUT2D eigenvalue weighted by Gasteiger charge is 2.08. The maximum absolute atomic E-state index is 9.00. The van der Waals surface area contributed by atoms with Crippen LogP contribution in [0.1, 0.15) is 20.8 Å². The summed E-state index contributed by atoms with van der Waals surface area (Å²) in [7, 11) is 0. The Labute approximate surface area is 141 Å². The number of carbonyl (C=O) groups is 4. The molecular weight excluding hydrogens is 348 g/mol. The Morgan fingerprint density at radius 1 is 0.720 bits per heavy atom. The molecule has 0 saturated carbocycles. The minimum Gasteiger partial charge on any atom is -0.504 e. The molecule has 0 aliphatic carbocycles. The lowest BCUT2D eigenvalue weighted by Gasteiger charge is -2.00. The summed E-state index contributed by atoms with van der Waals surface area (Å²) in [5.41, 5.74) is 0. The van der Waals surface area contributed by atoms with Gasteiger partial charge < -0.3 is 40.9 Å². The van der Waals surface area contributed by atoms with Crippen LogP contribution in [0.3, 0.4) is 0 Å². The van der Waals surface area contributed by atoms with E-state index in [0.717, 1.165) is 32.9 Å². The van der Waals surface area contributed by atoms with Crippen LogP contribution in [-0.2, 0) is 19.2 Å². The second kappa shape index (κ2) is 18.3. The summed E-state index contributed by atoms with van der Waals surface area (Å²) >= 11 is 0. The van der Waals surface area contributed by atoms with Crippen LogP contribution in [0.4, 0.5) is 0 Å². The number of hydrogen-bond donors (Lipinski definition) is 8. The third-order valence-electron chi connectivity index (χ3n) is 1.11. The quantitative estimate of drug-likeness (QED) is 0.177. The minimum absolute atomic E-state index is 0.250. The van der Waals surface area contributed by atoms with Crippen LogP contribution in [0, 0.1) is 0 Å². The molecular formula is C13H20O12. The summed E-state index contributed by atoms with van der Waals surface area (Å²) < 4.78 is 0. The van der Waals surface area contributed by atoms with Gasteiger partial charge in [0, 0.05) is 20.8 Å². The van der Waals surface area contributed by atoms with Gasteiger partial charge in [0.05, 0.1) is 0 Å². The van der Waals surface area contributed by atoms with E-state index in [2.05, 4.69) is 0 Å². The predicted molar refractivity (Wildman–Crippen MR) is 81.7 cm³/mol. The molecule has 0 spiro atoms. The molecule has 1 aromatic rings. The number of benzene rings is 1. The third-order valence-corrected chi connectivity index (χ3v) is 1.11. The maximum atomic E-state index is 9.00. The van der Waals surface area contributed by atoms with E-state index in [0.29, 0.717) is 0 Å². The summed E-state index contributed by atoms with van der Waals surface area (Å²) in [6.07, 6.45) is 0. The van der Waals surface area contributed by atoms with Crippen molar-refractivity contribution in [2.24, 2.45) is 0 Å². The Morgan fingerprint density at radius 2 is 0.840 bits per heavy atom. The Bertz CT molecular complexity index is 471. The van der Waals surface area contributed by atoms with Gasteiger partial charge in [-0.25, -0.2) is 0 Å². The molecule has 0 heterocycles. The number of carboxylic acid groups (broad SMARTS) is 4. The van der Waals surface area contributed by atoms with Gasteiger partial charge in [0.2, 0.25) is 11.5 Å². The number of phenolic OH excluding ortho intramolecular Hbond substituents is 4. The zero-order valence-electron chi connectivity index (χ0n) is 13.4. The van der Waals surface area contributed by atoms with Crippen LogP contribution < -0.4 is 0 Å². The number of phenols is 4. The SMILES string of the molecule is CC(=O)O.CC(=O)O.CC(=O)O.O=CO.Oc1ccc(O)c(O)c1O. The van der Waals surface area contributed by atoms with Crippen molar-refractivity contribution in [1.82, 2.24) is 0 Å². The maximum Gasteiger partial charge on any atom is 0.300 e. The molecule has 25 heavy (non-hydrogen) atoms. The fourth-order valence-corrected chi connectivity index (χ4v) is 0.558. The van der Waals surface area contributed by atoms with Gasteiger partial charge in [-0.3, -0.25) is 19.2 Å². The van der Waals surface area contributed by atoms with Crippen LogP contribution in [0.15, 0.2) is 12.1 Å². The normalized spacial score (nSPS) is 7.32. The summed E-state index contributed by atoms with van der Waals surface area (Å²) in [5, 5.41) is 64.0. The molecule has 12 nitrogen and oxygen atoms in total. The molecule has 8 N–H and O–H groups in total. The molecule has 0 aliphatic heterocycles. The molecule has 1 aromatic carbocycles. The monoisotopic (exact) mass is 368 g/mol. The Kier molecular flexibility index (Phi) is 21.5. The van der Waals surface area contributed by atoms with Crippen molar-refractivity contribution in [1.29, 1.82) is 0 Å². The van der Waals surface area contributed by atoms with Gasteiger partial charge >= 0.3 is 0 Å². The second-order valence-corrected chi connectivity index (χ2v) is 3.46. The molecule has 0 bridgehead atoms. The molecule has 0 atom stereocenters. The van der Waals surface area contributed by atoms with Crippen molar-refractivity contribution in [3.8, 4) is 23.0 Å². The number of hydrogen-bond acceptors (Lipinski definition) is 8. The van der Waals surface area contributed by atoms with Crippen LogP contribution in [0.25, 0.3) is 0 Å². The highest BCUT2D eigenvalue weighted by molar-refractivity contribution is 5.63. The number of carboxylic acids is 3. The third kappa shape index (κ3) is 38.4. The van der Waals surface area contributed by atoms with E-state index in [9.17, 15) is 0 Å². The summed E-state index contributed by atoms with van der Waals surface area (Å²) in [5.74, 6) is -4.84. The van der Waals surface area contributed by atoms with E-state index < -0.39 is 40.9 Å². The molecule has 0 saturated heterocycles. The first-order chi connectivity index (χ1) is 11.2. The van der Waals surface area contributed by atoms with E-state index in [1.807, 2.05) is 0 Å². The average molecular weight is 368 g/mol. The fourth-order valence-electron chi connectivity index (χ4n) is 0.558. The van der Waals surface area contributed by atoms with E-state index >= 15 is 0 Å². The van der Waals surface area contributed by atoms with Gasteiger partial charge in [0.1, 0.15) is 0 Å². The first-order valence-electron chi connectivity index (χ1n) is 5.83. The van der Waals surface area contributed by atoms with Crippen LogP contribution in [0.5, 0.6) is 23.0 Å². The molecule has 0 fully saturated rings. The molecule has 0 aliphatic rings. The number of aromatic hydroxyl groups is 4. The molecule has 1 rings (SSSR count). The van der Waals surface area contributed by atoms with Gasteiger partial charge in [-0.05, 0) is 12.1 Å². The highest BCUT2D eigenvalue weighted by atomic mass is 16.4. The smallest absolute Gasteiger partial charge is 0.300 e. The molecule has 0 unspecified atom stereocenters. The zero-order chi connectivity index (χ0) is 21.2. The van der Waals surface area contributed by atoms with Crippen LogP contribution in [-0.4, -0.2) is 65.2 Å². The van der Waals surface area contributed by atoms with Gasteiger partial charge in [-0.1, -0.05) is 0 Å². The number of rotatable bonds is 0. The topological polar surface area (TPSA) is 230 Å². The van der Waals surface area contributed by atoms with E-state index in [1.54, 1.807) is 0 Å². The van der Waals surface area contributed by atoms with Gasteiger partial charge in [-0.2, -0.15) is 0 Å². The summed E-state index contributed by atoms with van der Waals surface area (Å²) in [6, 6.07) is 2.15. The van der Waals surface area contributed by atoms with E-state index in [4.69, 9.17) is 60.0 Å². The molecule has 0 radical (unpaired) electrons. The van der Waals surface area contributed by atoms with E-state index in [1.165, 1.54) is 0 Å². The summed E-state index contributed by atoms with van der Waals surface area (Å²) in [6.45, 7) is 3.00. The lowest BCUT2D eigenvalue weighted by molar-refractivity contribution is -0.135. The predicted octanol–water partition coefficient (Wildman–Crippen LogP) is 0.482. The van der Waals surface area contributed by atoms with Crippen molar-refractivity contribution in [3.05, 3.63) is 12.1 Å². The fraction of sp³-hybridized carbons (Fsp3) is 0.231. The van der Waals surface area contributed by atoms with Crippen LogP contribution >= 0.6 is 0 Å². The molecule has 12 heteroatoms. The highest BCUT2D eigenvalue weighted by Crippen LogP contribution is 2.40. The first-order valence-corrected chi connectivity index (χ1v) is 5.83. The van der Waals surface area contributed by atoms with Crippen LogP contribution in [0.2, 0.25) is 0 Å². The molecule has 0 amide bonds. The number of aliphatic carboxylic acids is 3. The van der Waals surface area contributed by atoms with Gasteiger partial charge in [-0.15, -0.1) is 0 Å². The minimum atomic E-state index is -0.833. The first kappa shape index (κ1) is 29.3. The lowest BCUT2D eigenvalue weighted by Crippen LogP contribution is -1.78. The lowest BCUT2D eigenvalue weighted by atomic mass is 10.3. The summed E-state index contributed by atoms with van der Waals surface area (Å²) in [4.78, 5) is 35.4. The van der Waals surface area contributed by atoms with Gasteiger partial charge in [0.15, 0.2) is 11.5 Å². The molecule has 144 valence electrons. The van der Waals surface area contributed by atoms with Gasteiger partial charge in [0.25, 0.3) is 24.4 Å². The second-order valence-electron chi connectivity index (χ2n) is 3.46. The van der Waals surface area contributed by atoms with Crippen molar-refractivity contribution in [3.63, 3.8) is 0 Å². The van der Waals surface area contributed by atoms with E-state index in [-0.39, 0.29) is 6.47 Å². The Balaban J connectivity index is -0.000000125.